The molecule has 0 fully saturated rings. The lowest BCUT2D eigenvalue weighted by molar-refractivity contribution is -0.137. The van der Waals surface area contributed by atoms with Crippen molar-refractivity contribution in [3.63, 3.8) is 0 Å². The number of Topliss-reactive ketones (excluding diaryl/α,β-unsaturated/α-hetero) is 1. The van der Waals surface area contributed by atoms with E-state index in [1.165, 1.54) is 0 Å². The van der Waals surface area contributed by atoms with Gasteiger partial charge in [-0.1, -0.05) is 24.3 Å². The van der Waals surface area contributed by atoms with Gasteiger partial charge in [0.25, 0.3) is 0 Å². The highest BCUT2D eigenvalue weighted by Gasteiger charge is 2.19. The van der Waals surface area contributed by atoms with Crippen molar-refractivity contribution >= 4 is 11.8 Å². The molecule has 1 aromatic rings. The van der Waals surface area contributed by atoms with Crippen molar-refractivity contribution in [3.8, 4) is 0 Å². The molecule has 3 N–H and O–H groups in total. The Kier molecular flexibility index (Phi) is 3.57. The van der Waals surface area contributed by atoms with Crippen molar-refractivity contribution in [2.45, 2.75) is 19.4 Å². The summed E-state index contributed by atoms with van der Waals surface area (Å²) in [5.41, 5.74) is 6.79. The molecule has 1 rings (SSSR count). The summed E-state index contributed by atoms with van der Waals surface area (Å²) in [6.45, 7) is 1.79. The molecular weight excluding hydrogens is 194 g/mol. The molecule has 1 aromatic carbocycles. The van der Waals surface area contributed by atoms with Crippen LogP contribution in [0, 0.1) is 6.92 Å². The molecular formula is C11H13NO3. The van der Waals surface area contributed by atoms with Gasteiger partial charge >= 0.3 is 5.97 Å². The average Bonchev–Trinajstić information content (AvgIpc) is 2.16. The average molecular weight is 207 g/mol. The van der Waals surface area contributed by atoms with Gasteiger partial charge in [0.2, 0.25) is 0 Å². The van der Waals surface area contributed by atoms with Crippen LogP contribution in [0.15, 0.2) is 24.3 Å². The molecule has 0 bridgehead atoms. The maximum absolute atomic E-state index is 11.7. The second-order valence-electron chi connectivity index (χ2n) is 3.38. The van der Waals surface area contributed by atoms with Crippen molar-refractivity contribution in [3.05, 3.63) is 35.4 Å². The highest BCUT2D eigenvalue weighted by molar-refractivity contribution is 6.02. The van der Waals surface area contributed by atoms with Crippen LogP contribution in [-0.4, -0.2) is 22.9 Å². The minimum absolute atomic E-state index is 0.324. The van der Waals surface area contributed by atoms with Gasteiger partial charge in [-0.05, 0) is 12.5 Å². The number of ketones is 1. The fourth-order valence-electron chi connectivity index (χ4n) is 1.33. The Bertz CT molecular complexity index is 387. The highest BCUT2D eigenvalue weighted by atomic mass is 16.4. The van der Waals surface area contributed by atoms with Crippen molar-refractivity contribution in [1.82, 2.24) is 0 Å². The van der Waals surface area contributed by atoms with Crippen molar-refractivity contribution < 1.29 is 14.7 Å². The van der Waals surface area contributed by atoms with E-state index >= 15 is 0 Å². The molecule has 0 spiro atoms. The summed E-state index contributed by atoms with van der Waals surface area (Å²) in [6.07, 6.45) is -0.340. The molecule has 1 atom stereocenters. The molecule has 0 aliphatic rings. The lowest BCUT2D eigenvalue weighted by Crippen LogP contribution is -2.33. The lowest BCUT2D eigenvalue weighted by atomic mass is 9.98. The summed E-state index contributed by atoms with van der Waals surface area (Å²) in [5.74, 6) is -1.39. The van der Waals surface area contributed by atoms with Crippen LogP contribution >= 0.6 is 0 Å². The first-order valence-electron chi connectivity index (χ1n) is 4.59. The Morgan fingerprint density at radius 3 is 2.53 bits per heavy atom. The maximum Gasteiger partial charge on any atom is 0.305 e. The quantitative estimate of drug-likeness (QED) is 0.721. The molecule has 0 heterocycles. The Morgan fingerprint density at radius 1 is 1.40 bits per heavy atom. The largest absolute Gasteiger partial charge is 0.481 e. The van der Waals surface area contributed by atoms with Crippen LogP contribution < -0.4 is 5.73 Å². The van der Waals surface area contributed by atoms with Gasteiger partial charge in [-0.2, -0.15) is 0 Å². The number of hydrogen-bond donors (Lipinski definition) is 2. The first-order chi connectivity index (χ1) is 7.02. The van der Waals surface area contributed by atoms with Crippen LogP contribution in [0.3, 0.4) is 0 Å². The van der Waals surface area contributed by atoms with Gasteiger partial charge in [-0.3, -0.25) is 9.59 Å². The Morgan fingerprint density at radius 2 is 2.00 bits per heavy atom. The van der Waals surface area contributed by atoms with E-state index in [9.17, 15) is 9.59 Å². The molecule has 80 valence electrons. The molecule has 0 radical (unpaired) electrons. The summed E-state index contributed by atoms with van der Waals surface area (Å²) in [4.78, 5) is 22.1. The van der Waals surface area contributed by atoms with E-state index in [0.717, 1.165) is 5.56 Å². The normalized spacial score (nSPS) is 12.1. The fourth-order valence-corrected chi connectivity index (χ4v) is 1.33. The van der Waals surface area contributed by atoms with Gasteiger partial charge in [0.05, 0.1) is 12.5 Å². The number of carboxylic acid groups (broad SMARTS) is 1. The summed E-state index contributed by atoms with van der Waals surface area (Å²) in [7, 11) is 0. The highest BCUT2D eigenvalue weighted by Crippen LogP contribution is 2.10. The zero-order chi connectivity index (χ0) is 11.4. The molecule has 0 amide bonds. The van der Waals surface area contributed by atoms with Gasteiger partial charge < -0.3 is 10.8 Å². The molecule has 0 saturated carbocycles. The molecule has 0 aliphatic heterocycles. The van der Waals surface area contributed by atoms with E-state index in [2.05, 4.69) is 0 Å². The summed E-state index contributed by atoms with van der Waals surface area (Å²) >= 11 is 0. The van der Waals surface area contributed by atoms with Crippen LogP contribution in [-0.2, 0) is 4.79 Å². The molecule has 4 nitrogen and oxygen atoms in total. The summed E-state index contributed by atoms with van der Waals surface area (Å²) in [6, 6.07) is 6.02. The molecule has 0 saturated heterocycles. The molecule has 0 unspecified atom stereocenters. The number of nitrogens with two attached hydrogens (primary N) is 1. The van der Waals surface area contributed by atoms with Gasteiger partial charge in [-0.15, -0.1) is 0 Å². The SMILES string of the molecule is Cc1ccccc1C(=O)[C@@H](N)CC(=O)O. The molecule has 0 aliphatic carbocycles. The van der Waals surface area contributed by atoms with Crippen LogP contribution in [0.5, 0.6) is 0 Å². The topological polar surface area (TPSA) is 80.4 Å². The molecule has 15 heavy (non-hydrogen) atoms. The van der Waals surface area contributed by atoms with Crippen LogP contribution in [0.4, 0.5) is 0 Å². The third kappa shape index (κ3) is 2.89. The first kappa shape index (κ1) is 11.4. The second-order valence-corrected chi connectivity index (χ2v) is 3.38. The fraction of sp³-hybridized carbons (Fsp3) is 0.273. The summed E-state index contributed by atoms with van der Waals surface area (Å²) < 4.78 is 0. The molecule has 0 aromatic heterocycles. The van der Waals surface area contributed by atoms with Crippen LogP contribution in [0.25, 0.3) is 0 Å². The second kappa shape index (κ2) is 4.70. The number of rotatable bonds is 4. The number of carbonyl (C=O) groups is 2. The number of aliphatic carboxylic acids is 1. The predicted octanol–water partition coefficient (Wildman–Crippen LogP) is 0.980. The molecule has 4 heteroatoms. The van der Waals surface area contributed by atoms with Gasteiger partial charge in [0, 0.05) is 5.56 Å². The zero-order valence-electron chi connectivity index (χ0n) is 8.43. The Labute approximate surface area is 87.7 Å². The number of hydrogen-bond acceptors (Lipinski definition) is 3. The minimum atomic E-state index is -1.07. The van der Waals surface area contributed by atoms with E-state index < -0.39 is 12.0 Å². The van der Waals surface area contributed by atoms with E-state index in [4.69, 9.17) is 10.8 Å². The number of benzene rings is 1. The van der Waals surface area contributed by atoms with E-state index in [-0.39, 0.29) is 12.2 Å². The summed E-state index contributed by atoms with van der Waals surface area (Å²) in [5, 5.41) is 8.52. The van der Waals surface area contributed by atoms with Crippen LogP contribution in [0.2, 0.25) is 0 Å². The van der Waals surface area contributed by atoms with E-state index in [1.807, 2.05) is 6.07 Å². The van der Waals surface area contributed by atoms with Gasteiger partial charge in [0.15, 0.2) is 5.78 Å². The van der Waals surface area contributed by atoms with Gasteiger partial charge in [0.1, 0.15) is 0 Å². The first-order valence-corrected chi connectivity index (χ1v) is 4.59. The Hall–Kier alpha value is -1.68. The van der Waals surface area contributed by atoms with E-state index in [1.54, 1.807) is 25.1 Å². The standard InChI is InChI=1S/C11H13NO3/c1-7-4-2-3-5-8(7)11(15)9(12)6-10(13)14/h2-5,9H,6,12H2,1H3,(H,13,14)/t9-/m0/s1. The van der Waals surface area contributed by atoms with Crippen molar-refractivity contribution in [2.24, 2.45) is 5.73 Å². The zero-order valence-corrected chi connectivity index (χ0v) is 8.43. The van der Waals surface area contributed by atoms with Crippen molar-refractivity contribution in [2.75, 3.05) is 0 Å². The predicted molar refractivity (Wildman–Crippen MR) is 55.7 cm³/mol. The number of carboxylic acids is 1. The maximum atomic E-state index is 11.7. The van der Waals surface area contributed by atoms with E-state index in [0.29, 0.717) is 5.56 Å². The Balaban J connectivity index is 2.85. The third-order valence-electron chi connectivity index (χ3n) is 2.14. The monoisotopic (exact) mass is 207 g/mol. The smallest absolute Gasteiger partial charge is 0.305 e. The van der Waals surface area contributed by atoms with Crippen molar-refractivity contribution in [1.29, 1.82) is 0 Å². The number of aryl methyl sites for hydroxylation is 1. The van der Waals surface area contributed by atoms with Crippen LogP contribution in [0.1, 0.15) is 22.3 Å². The minimum Gasteiger partial charge on any atom is -0.481 e. The number of carbonyl (C=O) groups excluding carboxylic acids is 1. The lowest BCUT2D eigenvalue weighted by Gasteiger charge is -2.09. The van der Waals surface area contributed by atoms with Gasteiger partial charge in [-0.25, -0.2) is 0 Å². The third-order valence-corrected chi connectivity index (χ3v) is 2.14.